The van der Waals surface area contributed by atoms with Gasteiger partial charge in [0, 0.05) is 23.1 Å². The van der Waals surface area contributed by atoms with Crippen molar-refractivity contribution in [3.63, 3.8) is 0 Å². The van der Waals surface area contributed by atoms with E-state index >= 15 is 0 Å². The summed E-state index contributed by atoms with van der Waals surface area (Å²) in [5.74, 6) is 1.47. The summed E-state index contributed by atoms with van der Waals surface area (Å²) >= 11 is 3.53. The van der Waals surface area contributed by atoms with E-state index in [0.29, 0.717) is 12.2 Å². The third-order valence-electron chi connectivity index (χ3n) is 5.17. The molecule has 1 aliphatic rings. The Balaban J connectivity index is 1.60. The second-order valence-electron chi connectivity index (χ2n) is 7.26. The van der Waals surface area contributed by atoms with Gasteiger partial charge in [0.2, 0.25) is 0 Å². The number of aromatic amines is 1. The molecule has 1 N–H and O–H groups in total. The molecule has 0 bridgehead atoms. The number of hydrogen-bond acceptors (Lipinski definition) is 7. The van der Waals surface area contributed by atoms with Crippen molar-refractivity contribution < 1.29 is 9.13 Å². The molecule has 8 nitrogen and oxygen atoms in total. The average Bonchev–Trinajstić information content (AvgIpc) is 3.36. The molecule has 2 aromatic heterocycles. The quantitative estimate of drug-likeness (QED) is 0.533. The van der Waals surface area contributed by atoms with Crippen LogP contribution in [0.15, 0.2) is 52.3 Å². The van der Waals surface area contributed by atoms with E-state index in [9.17, 15) is 14.0 Å². The Kier molecular flexibility index (Phi) is 7.17. The Labute approximate surface area is 192 Å². The highest BCUT2D eigenvalue weighted by Gasteiger charge is 2.46. The van der Waals surface area contributed by atoms with Crippen molar-refractivity contribution in [3.8, 4) is 11.3 Å². The van der Waals surface area contributed by atoms with Gasteiger partial charge in [-0.2, -0.15) is 23.5 Å². The van der Waals surface area contributed by atoms with Crippen LogP contribution in [0, 0.1) is 5.82 Å². The second kappa shape index (κ2) is 10.1. The lowest BCUT2D eigenvalue weighted by molar-refractivity contribution is -0.00718. The SMILES string of the molecule is CCS[C@@H]1[C@H](SCC)[C@@H](Cn2cc(-c3ccc(F)cc3)nn2)O[C@H]1n1ccc(=O)[nH]c1=O. The number of nitrogens with zero attached hydrogens (tertiary/aromatic N) is 4. The van der Waals surface area contributed by atoms with Crippen LogP contribution in [0.25, 0.3) is 11.3 Å². The van der Waals surface area contributed by atoms with Gasteiger partial charge < -0.3 is 4.74 Å². The number of H-pyrrole nitrogens is 1. The van der Waals surface area contributed by atoms with Crippen LogP contribution < -0.4 is 11.2 Å². The van der Waals surface area contributed by atoms with E-state index < -0.39 is 17.5 Å². The maximum Gasteiger partial charge on any atom is 0.330 e. The van der Waals surface area contributed by atoms with Crippen LogP contribution in [-0.2, 0) is 11.3 Å². The molecule has 1 aliphatic heterocycles. The van der Waals surface area contributed by atoms with Crippen molar-refractivity contribution in [1.29, 1.82) is 0 Å². The summed E-state index contributed by atoms with van der Waals surface area (Å²) in [7, 11) is 0. The minimum Gasteiger partial charge on any atom is -0.350 e. The molecule has 3 aromatic rings. The zero-order chi connectivity index (χ0) is 22.7. The Morgan fingerprint density at radius 2 is 1.81 bits per heavy atom. The molecule has 0 aliphatic carbocycles. The fourth-order valence-corrected chi connectivity index (χ4v) is 6.45. The van der Waals surface area contributed by atoms with E-state index in [0.717, 1.165) is 17.1 Å². The van der Waals surface area contributed by atoms with Crippen LogP contribution in [0.4, 0.5) is 4.39 Å². The zero-order valence-electron chi connectivity index (χ0n) is 17.7. The molecule has 4 rings (SSSR count). The summed E-state index contributed by atoms with van der Waals surface area (Å²) in [4.78, 5) is 26.3. The first kappa shape index (κ1) is 22.8. The molecule has 0 unspecified atom stereocenters. The fourth-order valence-electron chi connectivity index (χ4n) is 3.80. The lowest BCUT2D eigenvalue weighted by Crippen LogP contribution is -2.35. The second-order valence-corrected chi connectivity index (χ2v) is 10.2. The maximum absolute atomic E-state index is 13.2. The highest BCUT2D eigenvalue weighted by atomic mass is 32.2. The molecule has 0 spiro atoms. The summed E-state index contributed by atoms with van der Waals surface area (Å²) in [6.45, 7) is 4.63. The van der Waals surface area contributed by atoms with Gasteiger partial charge in [-0.05, 0) is 35.8 Å². The number of ether oxygens (including phenoxy) is 1. The van der Waals surface area contributed by atoms with Crippen LogP contribution in [-0.4, -0.2) is 52.7 Å². The van der Waals surface area contributed by atoms with Crippen molar-refractivity contribution in [2.75, 3.05) is 11.5 Å². The van der Waals surface area contributed by atoms with Crippen molar-refractivity contribution in [1.82, 2.24) is 24.5 Å². The first-order valence-electron chi connectivity index (χ1n) is 10.4. The highest BCUT2D eigenvalue weighted by Crippen LogP contribution is 2.43. The van der Waals surface area contributed by atoms with E-state index in [1.165, 1.54) is 29.0 Å². The maximum atomic E-state index is 13.2. The van der Waals surface area contributed by atoms with Gasteiger partial charge in [-0.1, -0.05) is 19.1 Å². The van der Waals surface area contributed by atoms with Crippen LogP contribution in [0.3, 0.4) is 0 Å². The van der Waals surface area contributed by atoms with E-state index in [-0.39, 0.29) is 22.4 Å². The summed E-state index contributed by atoms with van der Waals surface area (Å²) < 4.78 is 22.8. The predicted octanol–water partition coefficient (Wildman–Crippen LogP) is 2.78. The monoisotopic (exact) mass is 477 g/mol. The summed E-state index contributed by atoms with van der Waals surface area (Å²) in [5.41, 5.74) is 0.512. The summed E-state index contributed by atoms with van der Waals surface area (Å²) in [6.07, 6.45) is 2.59. The zero-order valence-corrected chi connectivity index (χ0v) is 19.3. The minimum atomic E-state index is -0.501. The smallest absolute Gasteiger partial charge is 0.330 e. The van der Waals surface area contributed by atoms with Gasteiger partial charge in [0.15, 0.2) is 6.23 Å². The summed E-state index contributed by atoms with van der Waals surface area (Å²) in [5, 5.41) is 8.59. The third-order valence-corrected chi connectivity index (χ3v) is 7.91. The average molecular weight is 478 g/mol. The van der Waals surface area contributed by atoms with Crippen LogP contribution in [0.1, 0.15) is 20.1 Å². The molecule has 3 heterocycles. The molecule has 1 fully saturated rings. The summed E-state index contributed by atoms with van der Waals surface area (Å²) in [6, 6.07) is 7.44. The van der Waals surface area contributed by atoms with Gasteiger partial charge in [-0.15, -0.1) is 5.10 Å². The van der Waals surface area contributed by atoms with Gasteiger partial charge in [0.25, 0.3) is 5.56 Å². The molecule has 4 atom stereocenters. The minimum absolute atomic E-state index is 0.0265. The molecule has 32 heavy (non-hydrogen) atoms. The molecular weight excluding hydrogens is 453 g/mol. The highest BCUT2D eigenvalue weighted by molar-refractivity contribution is 8.03. The third kappa shape index (κ3) is 4.84. The number of thioether (sulfide) groups is 2. The lowest BCUT2D eigenvalue weighted by atomic mass is 10.2. The molecule has 0 radical (unpaired) electrons. The Morgan fingerprint density at radius 3 is 2.50 bits per heavy atom. The number of nitrogens with one attached hydrogen (secondary N) is 1. The molecular formula is C21H24FN5O3S2. The van der Waals surface area contributed by atoms with Crippen LogP contribution in [0.2, 0.25) is 0 Å². The van der Waals surface area contributed by atoms with E-state index in [2.05, 4.69) is 29.1 Å². The van der Waals surface area contributed by atoms with Crippen LogP contribution >= 0.6 is 23.5 Å². The number of benzene rings is 1. The van der Waals surface area contributed by atoms with Crippen molar-refractivity contribution >= 4 is 23.5 Å². The van der Waals surface area contributed by atoms with Gasteiger partial charge >= 0.3 is 5.69 Å². The van der Waals surface area contributed by atoms with E-state index in [1.54, 1.807) is 40.3 Å². The van der Waals surface area contributed by atoms with Gasteiger partial charge in [-0.25, -0.2) is 13.9 Å². The molecule has 0 amide bonds. The van der Waals surface area contributed by atoms with Crippen LogP contribution in [0.5, 0.6) is 0 Å². The number of hydrogen-bond donors (Lipinski definition) is 1. The van der Waals surface area contributed by atoms with E-state index in [4.69, 9.17) is 4.74 Å². The number of rotatable bonds is 8. The van der Waals surface area contributed by atoms with Crippen molar-refractivity contribution in [2.45, 2.75) is 43.2 Å². The fraction of sp³-hybridized carbons (Fsp3) is 0.429. The molecule has 11 heteroatoms. The normalized spacial score (nSPS) is 23.0. The Morgan fingerprint density at radius 1 is 1.09 bits per heavy atom. The number of aromatic nitrogens is 5. The van der Waals surface area contributed by atoms with Gasteiger partial charge in [-0.3, -0.25) is 14.3 Å². The Bertz CT molecular complexity index is 1160. The van der Waals surface area contributed by atoms with Crippen molar-refractivity contribution in [3.05, 3.63) is 69.4 Å². The number of halogens is 1. The Hall–Kier alpha value is -2.37. The first-order valence-corrected chi connectivity index (χ1v) is 12.5. The first-order chi connectivity index (χ1) is 15.5. The topological polar surface area (TPSA) is 94.8 Å². The standard InChI is InChI=1S/C21H24FN5O3S2/c1-3-31-18-16(12-26-11-15(24-25-26)13-5-7-14(22)8-6-13)30-20(19(18)32-4-2)27-10-9-17(28)23-21(27)29/h5-11,16,18-20H,3-4,12H2,1-2H3,(H,23,28,29)/t16-,18-,19-,20-/m1/s1. The molecule has 1 saturated heterocycles. The predicted molar refractivity (Wildman–Crippen MR) is 124 cm³/mol. The van der Waals surface area contributed by atoms with Gasteiger partial charge in [0.05, 0.1) is 24.1 Å². The van der Waals surface area contributed by atoms with E-state index in [1.807, 2.05) is 6.20 Å². The molecule has 1 aromatic carbocycles. The lowest BCUT2D eigenvalue weighted by Gasteiger charge is -2.23. The van der Waals surface area contributed by atoms with Crippen molar-refractivity contribution in [2.24, 2.45) is 0 Å². The largest absolute Gasteiger partial charge is 0.350 e. The molecule has 0 saturated carbocycles. The molecule has 170 valence electrons. The van der Waals surface area contributed by atoms with Gasteiger partial charge in [0.1, 0.15) is 11.5 Å².